The molecule has 1 unspecified atom stereocenters. The normalized spacial score (nSPS) is 12.8. The largest absolute Gasteiger partial charge is 0.327 e. The van der Waals surface area contributed by atoms with Crippen molar-refractivity contribution >= 4 is 12.6 Å². The first-order chi connectivity index (χ1) is 8.81. The molecule has 0 rings (SSSR count). The fourth-order valence-corrected chi connectivity index (χ4v) is 2.52. The average molecular weight is 274 g/mol. The van der Waals surface area contributed by atoms with Crippen molar-refractivity contribution in [3.05, 3.63) is 0 Å². The highest BCUT2D eigenvalue weighted by atomic mass is 32.1. The van der Waals surface area contributed by atoms with Gasteiger partial charge >= 0.3 is 0 Å². The molecule has 0 radical (unpaired) electrons. The zero-order chi connectivity index (χ0) is 13.5. The van der Waals surface area contributed by atoms with E-state index in [0.717, 1.165) is 12.2 Å². The molecule has 0 spiro atoms. The summed E-state index contributed by atoms with van der Waals surface area (Å²) in [4.78, 5) is 0. The molecule has 1 atom stereocenters. The Hall–Kier alpha value is 0.310. The molecule has 0 aliphatic rings. The van der Waals surface area contributed by atoms with Gasteiger partial charge in [0, 0.05) is 11.8 Å². The third kappa shape index (κ3) is 14.4. The minimum atomic E-state index is 0.316. The van der Waals surface area contributed by atoms with Crippen LogP contribution in [0.25, 0.3) is 0 Å². The van der Waals surface area contributed by atoms with E-state index < -0.39 is 0 Å². The topological polar surface area (TPSA) is 26.0 Å². The van der Waals surface area contributed by atoms with Gasteiger partial charge in [0.1, 0.15) is 0 Å². The van der Waals surface area contributed by atoms with E-state index in [4.69, 9.17) is 5.73 Å². The zero-order valence-corrected chi connectivity index (χ0v) is 13.4. The summed E-state index contributed by atoms with van der Waals surface area (Å²) >= 11 is 4.20. The van der Waals surface area contributed by atoms with Gasteiger partial charge in [-0.3, -0.25) is 0 Å². The van der Waals surface area contributed by atoms with E-state index in [-0.39, 0.29) is 0 Å². The minimum Gasteiger partial charge on any atom is -0.327 e. The highest BCUT2D eigenvalue weighted by molar-refractivity contribution is 7.80. The summed E-state index contributed by atoms with van der Waals surface area (Å²) in [6, 6.07) is 0.316. The van der Waals surface area contributed by atoms with Gasteiger partial charge in [0.2, 0.25) is 0 Å². The summed E-state index contributed by atoms with van der Waals surface area (Å²) in [7, 11) is 0. The van der Waals surface area contributed by atoms with Gasteiger partial charge in [-0.1, -0.05) is 84.0 Å². The monoisotopic (exact) mass is 273 g/mol. The Kier molecular flexibility index (Phi) is 15.6. The lowest BCUT2D eigenvalue weighted by atomic mass is 10.0. The maximum atomic E-state index is 5.83. The van der Waals surface area contributed by atoms with Crippen LogP contribution in [-0.2, 0) is 0 Å². The van der Waals surface area contributed by atoms with E-state index in [2.05, 4.69) is 19.6 Å². The molecule has 0 aromatic carbocycles. The molecule has 0 bridgehead atoms. The predicted molar refractivity (Wildman–Crippen MR) is 87.5 cm³/mol. The lowest BCUT2D eigenvalue weighted by Gasteiger charge is -2.07. The Morgan fingerprint density at radius 1 is 0.722 bits per heavy atom. The van der Waals surface area contributed by atoms with Gasteiger partial charge in [-0.2, -0.15) is 12.6 Å². The van der Waals surface area contributed by atoms with Crippen molar-refractivity contribution in [2.45, 2.75) is 96.4 Å². The van der Waals surface area contributed by atoms with Crippen molar-refractivity contribution in [3.8, 4) is 0 Å². The molecule has 0 aromatic heterocycles. The second-order valence-corrected chi connectivity index (χ2v) is 5.99. The molecular weight excluding hydrogens is 238 g/mol. The van der Waals surface area contributed by atoms with Gasteiger partial charge < -0.3 is 5.73 Å². The quantitative estimate of drug-likeness (QED) is 0.324. The molecule has 0 aliphatic carbocycles. The Bertz CT molecular complexity index is 150. The lowest BCUT2D eigenvalue weighted by molar-refractivity contribution is 0.529. The van der Waals surface area contributed by atoms with Crippen LogP contribution in [0.2, 0.25) is 0 Å². The Labute approximate surface area is 121 Å². The smallest absolute Gasteiger partial charge is 0.0127 e. The molecule has 0 saturated carbocycles. The molecule has 0 heterocycles. The molecule has 2 N–H and O–H groups in total. The van der Waals surface area contributed by atoms with E-state index >= 15 is 0 Å². The molecular formula is C16H35NS. The van der Waals surface area contributed by atoms with Crippen LogP contribution >= 0.6 is 12.6 Å². The molecule has 0 saturated heterocycles. The van der Waals surface area contributed by atoms with Gasteiger partial charge in [0.15, 0.2) is 0 Å². The SMILES string of the molecule is CCCCCCCCCCCCCCC(N)CS. The first-order valence-electron chi connectivity index (χ1n) is 8.17. The standard InChI is InChI=1S/C16H35NS/c1-2-3-4-5-6-7-8-9-10-11-12-13-14-16(17)15-18/h16,18H,2-15,17H2,1H3. The molecule has 0 amide bonds. The first kappa shape index (κ1) is 18.3. The number of hydrogen-bond acceptors (Lipinski definition) is 2. The van der Waals surface area contributed by atoms with Crippen LogP contribution in [0.1, 0.15) is 90.4 Å². The van der Waals surface area contributed by atoms with E-state index in [0.29, 0.717) is 6.04 Å². The van der Waals surface area contributed by atoms with Crippen molar-refractivity contribution in [1.29, 1.82) is 0 Å². The van der Waals surface area contributed by atoms with Crippen molar-refractivity contribution in [2.24, 2.45) is 5.73 Å². The fourth-order valence-electron chi connectivity index (χ4n) is 2.34. The van der Waals surface area contributed by atoms with Crippen molar-refractivity contribution in [1.82, 2.24) is 0 Å². The van der Waals surface area contributed by atoms with Crippen LogP contribution in [0.4, 0.5) is 0 Å². The Morgan fingerprint density at radius 3 is 1.50 bits per heavy atom. The van der Waals surface area contributed by atoms with Crippen LogP contribution in [0, 0.1) is 0 Å². The van der Waals surface area contributed by atoms with Crippen LogP contribution < -0.4 is 5.73 Å². The van der Waals surface area contributed by atoms with Gasteiger partial charge in [-0.25, -0.2) is 0 Å². The van der Waals surface area contributed by atoms with Crippen LogP contribution in [0.3, 0.4) is 0 Å². The van der Waals surface area contributed by atoms with Crippen molar-refractivity contribution < 1.29 is 0 Å². The van der Waals surface area contributed by atoms with Crippen LogP contribution in [0.15, 0.2) is 0 Å². The van der Waals surface area contributed by atoms with E-state index in [1.54, 1.807) is 0 Å². The molecule has 0 fully saturated rings. The molecule has 1 nitrogen and oxygen atoms in total. The second-order valence-electron chi connectivity index (χ2n) is 5.62. The summed E-state index contributed by atoms with van der Waals surface area (Å²) in [6.07, 6.45) is 18.1. The highest BCUT2D eigenvalue weighted by Gasteiger charge is 1.98. The minimum absolute atomic E-state index is 0.316. The molecule has 18 heavy (non-hydrogen) atoms. The maximum Gasteiger partial charge on any atom is 0.0127 e. The highest BCUT2D eigenvalue weighted by Crippen LogP contribution is 2.12. The lowest BCUT2D eigenvalue weighted by Crippen LogP contribution is -2.21. The van der Waals surface area contributed by atoms with E-state index in [1.165, 1.54) is 77.0 Å². The van der Waals surface area contributed by atoms with Gasteiger partial charge in [-0.15, -0.1) is 0 Å². The number of unbranched alkanes of at least 4 members (excludes halogenated alkanes) is 11. The number of thiol groups is 1. The summed E-state index contributed by atoms with van der Waals surface area (Å²) in [5, 5.41) is 0. The van der Waals surface area contributed by atoms with Crippen LogP contribution in [0.5, 0.6) is 0 Å². The van der Waals surface area contributed by atoms with Crippen molar-refractivity contribution in [2.75, 3.05) is 5.75 Å². The average Bonchev–Trinajstić information content (AvgIpc) is 2.39. The van der Waals surface area contributed by atoms with Gasteiger partial charge in [-0.05, 0) is 6.42 Å². The Morgan fingerprint density at radius 2 is 1.11 bits per heavy atom. The summed E-state index contributed by atoms with van der Waals surface area (Å²) < 4.78 is 0. The number of rotatable bonds is 14. The molecule has 0 aromatic rings. The molecule has 0 aliphatic heterocycles. The molecule has 2 heteroatoms. The van der Waals surface area contributed by atoms with Gasteiger partial charge in [0.25, 0.3) is 0 Å². The predicted octanol–water partition coefficient (Wildman–Crippen LogP) is 5.33. The van der Waals surface area contributed by atoms with Crippen molar-refractivity contribution in [3.63, 3.8) is 0 Å². The second kappa shape index (κ2) is 15.4. The number of hydrogen-bond donors (Lipinski definition) is 2. The molecule has 110 valence electrons. The Balaban J connectivity index is 2.94. The number of nitrogens with two attached hydrogens (primary N) is 1. The first-order valence-corrected chi connectivity index (χ1v) is 8.81. The third-order valence-corrected chi connectivity index (χ3v) is 4.13. The summed E-state index contributed by atoms with van der Waals surface area (Å²) in [6.45, 7) is 2.28. The third-order valence-electron chi connectivity index (χ3n) is 3.66. The van der Waals surface area contributed by atoms with E-state index in [1.807, 2.05) is 0 Å². The van der Waals surface area contributed by atoms with Crippen LogP contribution in [-0.4, -0.2) is 11.8 Å². The fraction of sp³-hybridized carbons (Fsp3) is 1.00. The van der Waals surface area contributed by atoms with E-state index in [9.17, 15) is 0 Å². The maximum absolute atomic E-state index is 5.83. The van der Waals surface area contributed by atoms with Gasteiger partial charge in [0.05, 0.1) is 0 Å². The zero-order valence-electron chi connectivity index (χ0n) is 12.5. The summed E-state index contributed by atoms with van der Waals surface area (Å²) in [5.74, 6) is 0.831. The summed E-state index contributed by atoms with van der Waals surface area (Å²) in [5.41, 5.74) is 5.83.